The van der Waals surface area contributed by atoms with Crippen molar-refractivity contribution in [1.82, 2.24) is 14.9 Å². The van der Waals surface area contributed by atoms with E-state index in [0.717, 1.165) is 47.4 Å². The molecule has 1 aliphatic rings. The van der Waals surface area contributed by atoms with Gasteiger partial charge >= 0.3 is 0 Å². The Labute approximate surface area is 132 Å². The van der Waals surface area contributed by atoms with Gasteiger partial charge in [0.05, 0.1) is 10.5 Å². The lowest BCUT2D eigenvalue weighted by molar-refractivity contribution is 0.381. The number of fused-ring (bicyclic) bond motifs is 3. The molecule has 108 valence electrons. The van der Waals surface area contributed by atoms with Crippen LogP contribution >= 0.6 is 23.2 Å². The first-order valence-electron chi connectivity index (χ1n) is 7.19. The minimum absolute atomic E-state index is 0.473. The van der Waals surface area contributed by atoms with Crippen molar-refractivity contribution < 1.29 is 0 Å². The lowest BCUT2D eigenvalue weighted by atomic mass is 10.1. The Balaban J connectivity index is 2.06. The van der Waals surface area contributed by atoms with Crippen molar-refractivity contribution in [2.24, 2.45) is 0 Å². The molecule has 2 aromatic heterocycles. The molecular formula is C16H15Cl2N3. The third-order valence-corrected chi connectivity index (χ3v) is 4.69. The first-order valence-corrected chi connectivity index (χ1v) is 7.95. The molecule has 1 aromatic carbocycles. The van der Waals surface area contributed by atoms with E-state index in [1.807, 2.05) is 18.2 Å². The van der Waals surface area contributed by atoms with Gasteiger partial charge in [0.2, 0.25) is 0 Å². The molecule has 1 saturated heterocycles. The largest absolute Gasteiger partial charge is 0.322 e. The Morgan fingerprint density at radius 1 is 1.05 bits per heavy atom. The fourth-order valence-corrected chi connectivity index (χ4v) is 3.63. The summed E-state index contributed by atoms with van der Waals surface area (Å²) in [6.45, 7) is 2.10. The van der Waals surface area contributed by atoms with Gasteiger partial charge in [0, 0.05) is 28.0 Å². The van der Waals surface area contributed by atoms with E-state index in [2.05, 4.69) is 20.9 Å². The van der Waals surface area contributed by atoms with Gasteiger partial charge in [0.25, 0.3) is 0 Å². The first kappa shape index (κ1) is 13.4. The van der Waals surface area contributed by atoms with E-state index in [4.69, 9.17) is 23.2 Å². The number of pyridine rings is 1. The van der Waals surface area contributed by atoms with E-state index in [1.54, 1.807) is 6.20 Å². The Morgan fingerprint density at radius 2 is 1.81 bits per heavy atom. The molecule has 4 rings (SSSR count). The van der Waals surface area contributed by atoms with Crippen molar-refractivity contribution in [3.8, 4) is 0 Å². The van der Waals surface area contributed by atoms with E-state index in [9.17, 15) is 0 Å². The van der Waals surface area contributed by atoms with E-state index in [-0.39, 0.29) is 0 Å². The van der Waals surface area contributed by atoms with Crippen LogP contribution in [0.15, 0.2) is 30.5 Å². The Morgan fingerprint density at radius 3 is 2.62 bits per heavy atom. The molecular weight excluding hydrogens is 305 g/mol. The summed E-state index contributed by atoms with van der Waals surface area (Å²) in [4.78, 5) is 4.59. The summed E-state index contributed by atoms with van der Waals surface area (Å²) in [7, 11) is 0. The lowest BCUT2D eigenvalue weighted by Gasteiger charge is -2.25. The summed E-state index contributed by atoms with van der Waals surface area (Å²) in [5.41, 5.74) is 2.19. The number of nitrogens with one attached hydrogen (secondary N) is 1. The molecule has 0 aliphatic carbocycles. The highest BCUT2D eigenvalue weighted by Crippen LogP contribution is 2.35. The van der Waals surface area contributed by atoms with Gasteiger partial charge in [-0.2, -0.15) is 0 Å². The second-order valence-electron chi connectivity index (χ2n) is 5.54. The zero-order valence-electron chi connectivity index (χ0n) is 11.4. The zero-order valence-corrected chi connectivity index (χ0v) is 13.0. The third-order valence-electron chi connectivity index (χ3n) is 4.24. The summed E-state index contributed by atoms with van der Waals surface area (Å²) in [5, 5.41) is 7.03. The van der Waals surface area contributed by atoms with E-state index in [0.29, 0.717) is 11.1 Å². The van der Waals surface area contributed by atoms with Crippen LogP contribution in [0.5, 0.6) is 0 Å². The topological polar surface area (TPSA) is 29.9 Å². The predicted molar refractivity (Wildman–Crippen MR) is 88.4 cm³/mol. The predicted octanol–water partition coefficient (Wildman–Crippen LogP) is 4.42. The highest BCUT2D eigenvalue weighted by atomic mass is 35.5. The van der Waals surface area contributed by atoms with Gasteiger partial charge in [-0.3, -0.25) is 0 Å². The smallest absolute Gasteiger partial charge is 0.141 e. The van der Waals surface area contributed by atoms with Crippen LogP contribution in [0.25, 0.3) is 21.9 Å². The molecule has 0 radical (unpaired) electrons. The summed E-state index contributed by atoms with van der Waals surface area (Å²) < 4.78 is 2.36. The van der Waals surface area contributed by atoms with Crippen LogP contribution in [0.1, 0.15) is 18.9 Å². The molecule has 3 aromatic rings. The molecule has 1 N–H and O–H groups in total. The third kappa shape index (κ3) is 2.20. The number of hydrogen-bond donors (Lipinski definition) is 1. The maximum atomic E-state index is 6.18. The van der Waals surface area contributed by atoms with Gasteiger partial charge in [-0.25, -0.2) is 4.98 Å². The lowest BCUT2D eigenvalue weighted by Crippen LogP contribution is -2.29. The molecule has 1 fully saturated rings. The Bertz CT molecular complexity index is 760. The van der Waals surface area contributed by atoms with Crippen LogP contribution in [0.2, 0.25) is 10.0 Å². The Hall–Kier alpha value is -1.29. The maximum Gasteiger partial charge on any atom is 0.141 e. The van der Waals surface area contributed by atoms with E-state index in [1.165, 1.54) is 5.52 Å². The summed E-state index contributed by atoms with van der Waals surface area (Å²) in [6.07, 6.45) is 3.96. The van der Waals surface area contributed by atoms with Gasteiger partial charge in [-0.1, -0.05) is 23.2 Å². The number of piperidine rings is 1. The molecule has 21 heavy (non-hydrogen) atoms. The van der Waals surface area contributed by atoms with Crippen LogP contribution in [0.3, 0.4) is 0 Å². The molecule has 3 heterocycles. The second kappa shape index (κ2) is 5.16. The van der Waals surface area contributed by atoms with Crippen molar-refractivity contribution in [3.05, 3.63) is 40.5 Å². The van der Waals surface area contributed by atoms with Crippen molar-refractivity contribution in [2.45, 2.75) is 18.9 Å². The molecule has 0 unspecified atom stereocenters. The van der Waals surface area contributed by atoms with Crippen molar-refractivity contribution in [3.63, 3.8) is 0 Å². The highest BCUT2D eigenvalue weighted by Gasteiger charge is 2.21. The fourth-order valence-electron chi connectivity index (χ4n) is 3.30. The number of nitrogens with zero attached hydrogens (tertiary/aromatic N) is 2. The molecule has 0 bridgehead atoms. The van der Waals surface area contributed by atoms with Crippen LogP contribution in [-0.4, -0.2) is 22.6 Å². The number of benzene rings is 1. The molecule has 0 saturated carbocycles. The minimum Gasteiger partial charge on any atom is -0.322 e. The molecule has 0 amide bonds. The van der Waals surface area contributed by atoms with E-state index >= 15 is 0 Å². The van der Waals surface area contributed by atoms with Crippen LogP contribution in [-0.2, 0) is 0 Å². The number of halogens is 2. The van der Waals surface area contributed by atoms with Gasteiger partial charge in [-0.15, -0.1) is 0 Å². The average molecular weight is 320 g/mol. The molecule has 5 heteroatoms. The van der Waals surface area contributed by atoms with Crippen molar-refractivity contribution in [1.29, 1.82) is 0 Å². The monoisotopic (exact) mass is 319 g/mol. The van der Waals surface area contributed by atoms with E-state index < -0.39 is 0 Å². The van der Waals surface area contributed by atoms with Crippen LogP contribution < -0.4 is 5.32 Å². The van der Waals surface area contributed by atoms with Crippen molar-refractivity contribution >= 4 is 45.1 Å². The summed E-state index contributed by atoms with van der Waals surface area (Å²) in [5.74, 6) is 0. The molecule has 0 atom stereocenters. The van der Waals surface area contributed by atoms with Gasteiger partial charge < -0.3 is 9.88 Å². The number of rotatable bonds is 1. The molecule has 0 spiro atoms. The second-order valence-corrected chi connectivity index (χ2v) is 6.41. The quantitative estimate of drug-likeness (QED) is 0.719. The first-order chi connectivity index (χ1) is 10.2. The van der Waals surface area contributed by atoms with Gasteiger partial charge in [0.15, 0.2) is 0 Å². The summed E-state index contributed by atoms with van der Waals surface area (Å²) in [6, 6.07) is 8.51. The molecule has 1 aliphatic heterocycles. The number of hydrogen-bond acceptors (Lipinski definition) is 2. The minimum atomic E-state index is 0.473. The molecule has 3 nitrogen and oxygen atoms in total. The average Bonchev–Trinajstić information content (AvgIpc) is 2.81. The number of aromatic nitrogens is 2. The SMILES string of the molecule is Clc1ccc2c(c1)c1cc(Cl)cnc1n2C1CCNCC1. The normalized spacial score (nSPS) is 16.9. The van der Waals surface area contributed by atoms with Crippen LogP contribution in [0.4, 0.5) is 0 Å². The Kier molecular flexibility index (Phi) is 3.29. The standard InChI is InChI=1S/C16H15Cl2N3/c17-10-1-2-15-13(7-10)14-8-11(18)9-20-16(14)21(15)12-3-5-19-6-4-12/h1-2,7-9,12,19H,3-6H2. The maximum absolute atomic E-state index is 6.18. The van der Waals surface area contributed by atoms with Crippen molar-refractivity contribution in [2.75, 3.05) is 13.1 Å². The zero-order chi connectivity index (χ0) is 14.4. The van der Waals surface area contributed by atoms with Gasteiger partial charge in [-0.05, 0) is 50.2 Å². The van der Waals surface area contributed by atoms with Gasteiger partial charge in [0.1, 0.15) is 5.65 Å². The fraction of sp³-hybridized carbons (Fsp3) is 0.312. The summed E-state index contributed by atoms with van der Waals surface area (Å²) >= 11 is 12.3. The van der Waals surface area contributed by atoms with Crippen LogP contribution in [0, 0.1) is 0 Å². The highest BCUT2D eigenvalue weighted by molar-refractivity contribution is 6.33.